The number of rotatable bonds is 6. The van der Waals surface area contributed by atoms with Gasteiger partial charge < -0.3 is 10.2 Å². The van der Waals surface area contributed by atoms with Crippen LogP contribution in [0.3, 0.4) is 0 Å². The minimum atomic E-state index is -3.58. The Hall–Kier alpha value is -1.68. The van der Waals surface area contributed by atoms with Crippen molar-refractivity contribution in [2.24, 2.45) is 14.1 Å². The van der Waals surface area contributed by atoms with E-state index in [0.717, 1.165) is 39.1 Å². The zero-order valence-corrected chi connectivity index (χ0v) is 15.5. The van der Waals surface area contributed by atoms with Gasteiger partial charge in [-0.2, -0.15) is 0 Å². The molecule has 1 fully saturated rings. The van der Waals surface area contributed by atoms with Crippen LogP contribution in [0.2, 0.25) is 0 Å². The summed E-state index contributed by atoms with van der Waals surface area (Å²) < 4.78 is 30.6. The summed E-state index contributed by atoms with van der Waals surface area (Å²) in [6.07, 6.45) is 0.769. The van der Waals surface area contributed by atoms with Crippen molar-refractivity contribution < 1.29 is 8.42 Å². The monoisotopic (exact) mass is 367 g/mol. The predicted molar refractivity (Wildman–Crippen MR) is 97.3 cm³/mol. The largest absolute Gasteiger partial charge is 0.328 e. The number of benzene rings is 1. The Kier molecular flexibility index (Phi) is 5.28. The third kappa shape index (κ3) is 3.79. The van der Waals surface area contributed by atoms with Gasteiger partial charge in [0, 0.05) is 46.8 Å². The Morgan fingerprint density at radius 2 is 1.80 bits per heavy atom. The molecule has 0 atom stereocenters. The number of imidazole rings is 1. The van der Waals surface area contributed by atoms with Gasteiger partial charge >= 0.3 is 5.69 Å². The van der Waals surface area contributed by atoms with Crippen LogP contribution in [-0.4, -0.2) is 61.7 Å². The maximum absolute atomic E-state index is 12.5. The molecule has 3 rings (SSSR count). The van der Waals surface area contributed by atoms with E-state index in [0.29, 0.717) is 17.6 Å². The summed E-state index contributed by atoms with van der Waals surface area (Å²) in [5.74, 6) is 0. The average Bonchev–Trinajstić information content (AvgIpc) is 2.84. The molecule has 1 aliphatic heterocycles. The fourth-order valence-electron chi connectivity index (χ4n) is 3.18. The van der Waals surface area contributed by atoms with Gasteiger partial charge in [-0.3, -0.25) is 9.13 Å². The Balaban J connectivity index is 1.66. The summed E-state index contributed by atoms with van der Waals surface area (Å²) in [7, 11) is -0.266. The van der Waals surface area contributed by atoms with Crippen LogP contribution in [0.15, 0.2) is 27.9 Å². The number of sulfonamides is 1. The molecule has 0 aliphatic carbocycles. The number of hydrogen-bond donors (Lipinski definition) is 2. The fraction of sp³-hybridized carbons (Fsp3) is 0.562. The van der Waals surface area contributed by atoms with Crippen molar-refractivity contribution in [3.63, 3.8) is 0 Å². The molecule has 2 aromatic rings. The maximum atomic E-state index is 12.5. The minimum absolute atomic E-state index is 0.173. The van der Waals surface area contributed by atoms with Crippen molar-refractivity contribution in [1.82, 2.24) is 24.1 Å². The molecule has 2 heterocycles. The van der Waals surface area contributed by atoms with Crippen LogP contribution in [0.4, 0.5) is 0 Å². The minimum Gasteiger partial charge on any atom is -0.314 e. The van der Waals surface area contributed by atoms with Crippen LogP contribution >= 0.6 is 0 Å². The molecule has 0 bridgehead atoms. The second kappa shape index (κ2) is 7.28. The third-order valence-corrected chi connectivity index (χ3v) is 6.17. The standard InChI is InChI=1S/C16H25N5O3S/c1-19-14-5-4-13(12-15(14)20(2)16(19)22)25(23,24)18-6-3-9-21-10-7-17-8-11-21/h4-5,12,17-18H,3,6-11H2,1-2H3. The molecule has 8 nitrogen and oxygen atoms in total. The van der Waals surface area contributed by atoms with E-state index in [1.165, 1.54) is 9.13 Å². The average molecular weight is 367 g/mol. The third-order valence-electron chi connectivity index (χ3n) is 4.71. The van der Waals surface area contributed by atoms with Gasteiger partial charge in [0.2, 0.25) is 10.0 Å². The number of nitrogens with zero attached hydrogens (tertiary/aromatic N) is 3. The smallest absolute Gasteiger partial charge is 0.314 e. The molecule has 0 amide bonds. The van der Waals surface area contributed by atoms with E-state index >= 15 is 0 Å². The van der Waals surface area contributed by atoms with Gasteiger partial charge in [0.25, 0.3) is 0 Å². The van der Waals surface area contributed by atoms with Crippen LogP contribution in [0.5, 0.6) is 0 Å². The van der Waals surface area contributed by atoms with Crippen LogP contribution in [0, 0.1) is 0 Å². The van der Waals surface area contributed by atoms with E-state index in [4.69, 9.17) is 0 Å². The summed E-state index contributed by atoms with van der Waals surface area (Å²) in [5.41, 5.74) is 1.15. The molecular weight excluding hydrogens is 342 g/mol. The van der Waals surface area contributed by atoms with Crippen LogP contribution in [-0.2, 0) is 24.1 Å². The summed E-state index contributed by atoms with van der Waals surface area (Å²) in [6.45, 7) is 5.27. The van der Waals surface area contributed by atoms with Crippen molar-refractivity contribution in [1.29, 1.82) is 0 Å². The highest BCUT2D eigenvalue weighted by molar-refractivity contribution is 7.89. The first-order valence-corrected chi connectivity index (χ1v) is 9.97. The predicted octanol–water partition coefficient (Wildman–Crippen LogP) is -0.549. The lowest BCUT2D eigenvalue weighted by Gasteiger charge is -2.27. The molecule has 0 radical (unpaired) electrons. The number of aromatic nitrogens is 2. The zero-order valence-electron chi connectivity index (χ0n) is 14.7. The topological polar surface area (TPSA) is 88.4 Å². The number of fused-ring (bicyclic) bond motifs is 1. The van der Waals surface area contributed by atoms with Crippen LogP contribution < -0.4 is 15.7 Å². The lowest BCUT2D eigenvalue weighted by molar-refractivity contribution is 0.239. The van der Waals surface area contributed by atoms with Gasteiger partial charge in [0.1, 0.15) is 0 Å². The first-order chi connectivity index (χ1) is 11.9. The fourth-order valence-corrected chi connectivity index (χ4v) is 4.27. The Labute approximate surface area is 147 Å². The van der Waals surface area contributed by atoms with Crippen LogP contribution in [0.25, 0.3) is 11.0 Å². The van der Waals surface area contributed by atoms with E-state index in [1.54, 1.807) is 32.3 Å². The maximum Gasteiger partial charge on any atom is 0.328 e. The molecule has 2 N–H and O–H groups in total. The molecule has 25 heavy (non-hydrogen) atoms. The molecule has 1 aromatic heterocycles. The van der Waals surface area contributed by atoms with Crippen molar-refractivity contribution in [2.45, 2.75) is 11.3 Å². The van der Waals surface area contributed by atoms with Gasteiger partial charge in [-0.15, -0.1) is 0 Å². The first kappa shape index (κ1) is 18.1. The van der Waals surface area contributed by atoms with Gasteiger partial charge in [-0.05, 0) is 31.2 Å². The van der Waals surface area contributed by atoms with Gasteiger partial charge in [0.15, 0.2) is 0 Å². The first-order valence-electron chi connectivity index (χ1n) is 8.48. The molecule has 0 saturated carbocycles. The van der Waals surface area contributed by atoms with E-state index in [1.807, 2.05) is 0 Å². The van der Waals surface area contributed by atoms with Crippen molar-refractivity contribution in [3.8, 4) is 0 Å². The summed E-state index contributed by atoms with van der Waals surface area (Å²) in [5, 5.41) is 3.30. The van der Waals surface area contributed by atoms with Gasteiger partial charge in [-0.25, -0.2) is 17.9 Å². The molecule has 0 unspecified atom stereocenters. The Bertz CT molecular complexity index is 910. The SMILES string of the molecule is Cn1c(=O)n(C)c2cc(S(=O)(=O)NCCCN3CCNCC3)ccc21. The molecule has 138 valence electrons. The van der Waals surface area contributed by atoms with E-state index in [-0.39, 0.29) is 10.6 Å². The number of hydrogen-bond acceptors (Lipinski definition) is 5. The highest BCUT2D eigenvalue weighted by Gasteiger charge is 2.17. The second-order valence-corrected chi connectivity index (χ2v) is 8.16. The molecule has 1 saturated heterocycles. The second-order valence-electron chi connectivity index (χ2n) is 6.39. The summed E-state index contributed by atoms with van der Waals surface area (Å²) in [4.78, 5) is 14.5. The van der Waals surface area contributed by atoms with Gasteiger partial charge in [0.05, 0.1) is 15.9 Å². The number of nitrogens with one attached hydrogen (secondary N) is 2. The van der Waals surface area contributed by atoms with E-state index in [2.05, 4.69) is 14.9 Å². The summed E-state index contributed by atoms with van der Waals surface area (Å²) >= 11 is 0. The number of aryl methyl sites for hydroxylation is 2. The van der Waals surface area contributed by atoms with Crippen molar-refractivity contribution >= 4 is 21.1 Å². The Morgan fingerprint density at radius 3 is 2.52 bits per heavy atom. The van der Waals surface area contributed by atoms with E-state index in [9.17, 15) is 13.2 Å². The lowest BCUT2D eigenvalue weighted by atomic mass is 10.3. The molecule has 1 aromatic carbocycles. The molecule has 1 aliphatic rings. The normalized spacial score (nSPS) is 16.6. The Morgan fingerprint density at radius 1 is 1.12 bits per heavy atom. The quantitative estimate of drug-likeness (QED) is 0.669. The lowest BCUT2D eigenvalue weighted by Crippen LogP contribution is -2.44. The highest BCUT2D eigenvalue weighted by atomic mass is 32.2. The van der Waals surface area contributed by atoms with Crippen molar-refractivity contribution in [3.05, 3.63) is 28.7 Å². The van der Waals surface area contributed by atoms with Crippen molar-refractivity contribution in [2.75, 3.05) is 39.3 Å². The van der Waals surface area contributed by atoms with E-state index < -0.39 is 10.0 Å². The molecular formula is C16H25N5O3S. The summed E-state index contributed by atoms with van der Waals surface area (Å²) in [6, 6.07) is 4.77. The number of piperazine rings is 1. The zero-order chi connectivity index (χ0) is 18.0. The van der Waals surface area contributed by atoms with Gasteiger partial charge in [-0.1, -0.05) is 0 Å². The molecule has 0 spiro atoms. The molecule has 9 heteroatoms. The highest BCUT2D eigenvalue weighted by Crippen LogP contribution is 2.17. The van der Waals surface area contributed by atoms with Crippen LogP contribution in [0.1, 0.15) is 6.42 Å².